The van der Waals surface area contributed by atoms with Crippen LogP contribution in [0.1, 0.15) is 72.9 Å². The smallest absolute Gasteiger partial charge is 0.261 e. The number of nitrogens with zero attached hydrogens (tertiary/aromatic N) is 2. The molecule has 3 aliphatic heterocycles. The van der Waals surface area contributed by atoms with Gasteiger partial charge in [0.1, 0.15) is 0 Å². The van der Waals surface area contributed by atoms with Crippen LogP contribution in [0.15, 0.2) is 109 Å². The van der Waals surface area contributed by atoms with E-state index in [0.717, 1.165) is 70.9 Å². The van der Waals surface area contributed by atoms with Gasteiger partial charge in [-0.05, 0) is 75.7 Å². The first-order valence-corrected chi connectivity index (χ1v) is 18.0. The maximum Gasteiger partial charge on any atom is 0.261 e. The van der Waals surface area contributed by atoms with Crippen molar-refractivity contribution in [2.75, 3.05) is 27.3 Å². The summed E-state index contributed by atoms with van der Waals surface area (Å²) >= 11 is 0. The van der Waals surface area contributed by atoms with Crippen molar-refractivity contribution in [3.8, 4) is 22.6 Å². The highest BCUT2D eigenvalue weighted by Gasteiger charge is 2.36. The minimum absolute atomic E-state index is 0.00865. The van der Waals surface area contributed by atoms with E-state index in [0.29, 0.717) is 17.5 Å². The molecule has 9 nitrogen and oxygen atoms in total. The van der Waals surface area contributed by atoms with Crippen LogP contribution in [0.25, 0.3) is 11.1 Å². The van der Waals surface area contributed by atoms with Gasteiger partial charge in [-0.2, -0.15) is 0 Å². The fourth-order valence-corrected chi connectivity index (χ4v) is 7.67. The first kappa shape index (κ1) is 34.7. The van der Waals surface area contributed by atoms with Crippen molar-refractivity contribution in [3.63, 3.8) is 0 Å². The zero-order valence-corrected chi connectivity index (χ0v) is 29.9. The van der Waals surface area contributed by atoms with E-state index in [9.17, 15) is 14.7 Å². The summed E-state index contributed by atoms with van der Waals surface area (Å²) in [5.74, 6) is 0.963. The number of hydrogen-bond acceptors (Lipinski definition) is 8. The van der Waals surface area contributed by atoms with Crippen molar-refractivity contribution < 1.29 is 33.6 Å². The monoisotopic (exact) mass is 710 g/mol. The standard InChI is InChI=1S/C44H42N2O7/c1-50-40-21-34-18-19-45(25-35(34)22-41(40)51-2)26-36-23-39(31-12-10-28(27-47)11-13-31)53-44(52-36)32-16-14-30(15-17-32)33-7-5-6-29(20-33)24-46-42(48)37-8-3-4-9-38(37)43(46)49/h3-17,20-22,36,39,44,47H,18-19,23-27H2,1-2H3. The molecule has 3 heterocycles. The number of methoxy groups -OCH3 is 2. The number of benzene rings is 5. The lowest BCUT2D eigenvalue weighted by molar-refractivity contribution is -0.253. The number of carbonyl (C=O) groups is 2. The van der Waals surface area contributed by atoms with Crippen molar-refractivity contribution in [3.05, 3.63) is 154 Å². The maximum atomic E-state index is 13.0. The van der Waals surface area contributed by atoms with Gasteiger partial charge in [0.05, 0.1) is 50.7 Å². The molecule has 0 spiro atoms. The second-order valence-electron chi connectivity index (χ2n) is 13.9. The van der Waals surface area contributed by atoms with Gasteiger partial charge in [-0.15, -0.1) is 0 Å². The van der Waals surface area contributed by atoms with E-state index in [-0.39, 0.29) is 37.2 Å². The Morgan fingerprint density at radius 3 is 2.08 bits per heavy atom. The number of aliphatic hydroxyl groups excluding tert-OH is 1. The van der Waals surface area contributed by atoms with Crippen molar-refractivity contribution >= 4 is 11.8 Å². The molecule has 0 aromatic heterocycles. The molecule has 2 amide bonds. The molecule has 3 atom stereocenters. The Balaban J connectivity index is 0.995. The van der Waals surface area contributed by atoms with Gasteiger partial charge in [0.15, 0.2) is 17.8 Å². The number of hydrogen-bond donors (Lipinski definition) is 1. The highest BCUT2D eigenvalue weighted by Crippen LogP contribution is 2.40. The van der Waals surface area contributed by atoms with Crippen molar-refractivity contribution in [2.24, 2.45) is 0 Å². The van der Waals surface area contributed by atoms with Crippen LogP contribution in [0.5, 0.6) is 11.5 Å². The maximum absolute atomic E-state index is 13.0. The Kier molecular flexibility index (Phi) is 9.81. The van der Waals surface area contributed by atoms with Gasteiger partial charge in [0.25, 0.3) is 11.8 Å². The molecule has 0 aliphatic carbocycles. The van der Waals surface area contributed by atoms with E-state index < -0.39 is 6.29 Å². The number of imide groups is 1. The minimum Gasteiger partial charge on any atom is -0.493 e. The number of carbonyl (C=O) groups excluding carboxylic acids is 2. The summed E-state index contributed by atoms with van der Waals surface area (Å²) in [7, 11) is 3.33. The summed E-state index contributed by atoms with van der Waals surface area (Å²) < 4.78 is 24.5. The Bertz CT molecular complexity index is 2100. The lowest BCUT2D eigenvalue weighted by Crippen LogP contribution is -2.41. The fourth-order valence-electron chi connectivity index (χ4n) is 7.67. The topological polar surface area (TPSA) is 97.8 Å². The molecule has 1 saturated heterocycles. The molecular formula is C44H42N2O7. The molecule has 1 fully saturated rings. The van der Waals surface area contributed by atoms with Crippen LogP contribution >= 0.6 is 0 Å². The third kappa shape index (κ3) is 7.09. The van der Waals surface area contributed by atoms with Gasteiger partial charge in [-0.25, -0.2) is 0 Å². The fraction of sp³-hybridized carbons (Fsp3) is 0.273. The molecule has 270 valence electrons. The summed E-state index contributed by atoms with van der Waals surface area (Å²) in [6.07, 6.45) is 0.757. The molecule has 53 heavy (non-hydrogen) atoms. The molecule has 5 aromatic carbocycles. The van der Waals surface area contributed by atoms with E-state index in [2.05, 4.69) is 29.2 Å². The summed E-state index contributed by atoms with van der Waals surface area (Å²) in [6.45, 7) is 2.64. The molecule has 0 bridgehead atoms. The van der Waals surface area contributed by atoms with Crippen molar-refractivity contribution in [1.29, 1.82) is 0 Å². The highest BCUT2D eigenvalue weighted by molar-refractivity contribution is 6.21. The van der Waals surface area contributed by atoms with Crippen molar-refractivity contribution in [1.82, 2.24) is 9.80 Å². The van der Waals surface area contributed by atoms with E-state index in [1.165, 1.54) is 16.0 Å². The predicted molar refractivity (Wildman–Crippen MR) is 199 cm³/mol. The summed E-state index contributed by atoms with van der Waals surface area (Å²) in [5.41, 5.74) is 9.09. The second-order valence-corrected chi connectivity index (χ2v) is 13.9. The molecule has 5 aromatic rings. The molecule has 1 N–H and O–H groups in total. The highest BCUT2D eigenvalue weighted by atomic mass is 16.7. The van der Waals surface area contributed by atoms with Gasteiger partial charge < -0.3 is 24.1 Å². The molecule has 0 saturated carbocycles. The van der Waals surface area contributed by atoms with Crippen LogP contribution in [0.3, 0.4) is 0 Å². The molecular weight excluding hydrogens is 668 g/mol. The SMILES string of the molecule is COc1cc2c(cc1OC)CN(CC1CC(c3ccc(CO)cc3)OC(c3ccc(-c4cccc(CN5C(=O)c6ccccc6C5=O)c4)cc3)O1)CC2. The molecule has 0 radical (unpaired) electrons. The molecule has 3 aliphatic rings. The summed E-state index contributed by atoms with van der Waals surface area (Å²) in [5, 5.41) is 9.62. The Hall–Kier alpha value is -5.32. The van der Waals surface area contributed by atoms with E-state index >= 15 is 0 Å². The number of ether oxygens (including phenoxy) is 4. The minimum atomic E-state index is -0.577. The zero-order valence-electron chi connectivity index (χ0n) is 29.9. The van der Waals surface area contributed by atoms with Gasteiger partial charge in [-0.3, -0.25) is 19.4 Å². The van der Waals surface area contributed by atoms with Crippen LogP contribution in [0.4, 0.5) is 0 Å². The quantitative estimate of drug-likeness (QED) is 0.151. The van der Waals surface area contributed by atoms with Crippen LogP contribution in [0, 0.1) is 0 Å². The summed E-state index contributed by atoms with van der Waals surface area (Å²) in [4.78, 5) is 29.7. The Morgan fingerprint density at radius 2 is 1.40 bits per heavy atom. The lowest BCUT2D eigenvalue weighted by atomic mass is 9.96. The zero-order chi connectivity index (χ0) is 36.5. The molecule has 9 heteroatoms. The third-order valence-corrected chi connectivity index (χ3v) is 10.5. The van der Waals surface area contributed by atoms with Crippen LogP contribution < -0.4 is 9.47 Å². The first-order valence-electron chi connectivity index (χ1n) is 18.0. The average Bonchev–Trinajstić information content (AvgIpc) is 3.45. The second kappa shape index (κ2) is 15.0. The number of aliphatic hydroxyl groups is 1. The summed E-state index contributed by atoms with van der Waals surface area (Å²) in [6, 6.07) is 35.2. The van der Waals surface area contributed by atoms with E-state index in [1.807, 2.05) is 60.7 Å². The van der Waals surface area contributed by atoms with Crippen LogP contribution in [-0.2, 0) is 35.6 Å². The van der Waals surface area contributed by atoms with Crippen LogP contribution in [0.2, 0.25) is 0 Å². The third-order valence-electron chi connectivity index (χ3n) is 10.5. The largest absolute Gasteiger partial charge is 0.493 e. The number of amides is 2. The van der Waals surface area contributed by atoms with Crippen LogP contribution in [-0.4, -0.2) is 60.1 Å². The van der Waals surface area contributed by atoms with Gasteiger partial charge >= 0.3 is 0 Å². The Morgan fingerprint density at radius 1 is 0.717 bits per heavy atom. The lowest BCUT2D eigenvalue weighted by Gasteiger charge is -2.39. The van der Waals surface area contributed by atoms with E-state index in [4.69, 9.17) is 18.9 Å². The predicted octanol–water partition coefficient (Wildman–Crippen LogP) is 7.26. The van der Waals surface area contributed by atoms with Crippen molar-refractivity contribution in [2.45, 2.75) is 51.0 Å². The first-order chi connectivity index (χ1) is 25.9. The molecule has 3 unspecified atom stereocenters. The number of fused-ring (bicyclic) bond motifs is 2. The Labute approximate surface area is 309 Å². The van der Waals surface area contributed by atoms with Gasteiger partial charge in [-0.1, -0.05) is 78.9 Å². The van der Waals surface area contributed by atoms with E-state index in [1.54, 1.807) is 38.5 Å². The van der Waals surface area contributed by atoms with Gasteiger partial charge in [0.2, 0.25) is 0 Å². The normalized spacial score (nSPS) is 19.9. The average molecular weight is 711 g/mol. The number of rotatable bonds is 10. The van der Waals surface area contributed by atoms with Gasteiger partial charge in [0, 0.05) is 31.6 Å². The molecule has 8 rings (SSSR count).